The van der Waals surface area contributed by atoms with Crippen molar-refractivity contribution >= 4 is 11.3 Å². The average molecular weight is 318 g/mol. The standard InChI is InChI=1S/C18H17F3N2/c1-10-16(12-6-4-3-5-7-12)17(11(2)23-22-10)18-14(20)8-13(19)9-15(18)21/h4,6-9,11,23H,3,5H2,1-2H3. The zero-order valence-electron chi connectivity index (χ0n) is 13.0. The van der Waals surface area contributed by atoms with Gasteiger partial charge in [0.25, 0.3) is 0 Å². The number of allylic oxidation sites excluding steroid dienone is 5. The molecular weight excluding hydrogens is 301 g/mol. The van der Waals surface area contributed by atoms with Gasteiger partial charge >= 0.3 is 0 Å². The molecule has 1 unspecified atom stereocenters. The molecule has 2 nitrogen and oxygen atoms in total. The molecular formula is C18H17F3N2. The summed E-state index contributed by atoms with van der Waals surface area (Å²) in [7, 11) is 0. The fraction of sp³-hybridized carbons (Fsp3) is 0.278. The summed E-state index contributed by atoms with van der Waals surface area (Å²) in [6.45, 7) is 3.57. The van der Waals surface area contributed by atoms with Crippen LogP contribution in [0, 0.1) is 17.5 Å². The van der Waals surface area contributed by atoms with Gasteiger partial charge in [-0.15, -0.1) is 0 Å². The van der Waals surface area contributed by atoms with E-state index in [0.29, 0.717) is 29.0 Å². The number of benzene rings is 1. The average Bonchev–Trinajstić information content (AvgIpc) is 2.50. The maximum absolute atomic E-state index is 14.3. The van der Waals surface area contributed by atoms with E-state index in [-0.39, 0.29) is 11.6 Å². The summed E-state index contributed by atoms with van der Waals surface area (Å²) in [5.41, 5.74) is 5.38. The fourth-order valence-corrected chi connectivity index (χ4v) is 3.03. The van der Waals surface area contributed by atoms with E-state index in [4.69, 9.17) is 0 Å². The third-order valence-corrected chi connectivity index (χ3v) is 4.05. The van der Waals surface area contributed by atoms with E-state index < -0.39 is 17.5 Å². The van der Waals surface area contributed by atoms with E-state index in [1.807, 2.05) is 18.2 Å². The molecule has 1 aromatic rings. The van der Waals surface area contributed by atoms with Crippen LogP contribution in [0.15, 0.2) is 46.6 Å². The lowest BCUT2D eigenvalue weighted by Crippen LogP contribution is -2.31. The second kappa shape index (κ2) is 6.07. The molecule has 1 atom stereocenters. The zero-order valence-corrected chi connectivity index (χ0v) is 13.0. The first-order valence-corrected chi connectivity index (χ1v) is 7.55. The number of rotatable bonds is 2. The SMILES string of the molecule is CC1=NNC(C)C(c2c(F)cc(F)cc2F)=C1C1=CCCC=C1. The molecule has 1 aliphatic heterocycles. The van der Waals surface area contributed by atoms with Gasteiger partial charge in [-0.2, -0.15) is 5.10 Å². The Morgan fingerprint density at radius 2 is 1.83 bits per heavy atom. The molecule has 2 aliphatic rings. The molecule has 0 saturated carbocycles. The van der Waals surface area contributed by atoms with E-state index in [0.717, 1.165) is 18.4 Å². The summed E-state index contributed by atoms with van der Waals surface area (Å²) in [6.07, 6.45) is 7.81. The molecule has 3 rings (SSSR count). The van der Waals surface area contributed by atoms with Crippen molar-refractivity contribution in [3.8, 4) is 0 Å². The molecule has 0 spiro atoms. The van der Waals surface area contributed by atoms with Gasteiger partial charge in [0.1, 0.15) is 17.5 Å². The minimum absolute atomic E-state index is 0.199. The van der Waals surface area contributed by atoms with Gasteiger partial charge in [0.15, 0.2) is 0 Å². The molecule has 1 heterocycles. The van der Waals surface area contributed by atoms with Gasteiger partial charge in [-0.25, -0.2) is 13.2 Å². The van der Waals surface area contributed by atoms with E-state index >= 15 is 0 Å². The van der Waals surface area contributed by atoms with Crippen LogP contribution in [-0.2, 0) is 0 Å². The van der Waals surface area contributed by atoms with Crippen molar-refractivity contribution in [3.05, 3.63) is 64.5 Å². The van der Waals surface area contributed by atoms with Crippen molar-refractivity contribution in [2.24, 2.45) is 5.10 Å². The highest BCUT2D eigenvalue weighted by atomic mass is 19.1. The molecule has 0 aromatic heterocycles. The van der Waals surface area contributed by atoms with Gasteiger partial charge in [0.05, 0.1) is 17.3 Å². The number of nitrogens with one attached hydrogen (secondary N) is 1. The van der Waals surface area contributed by atoms with Crippen LogP contribution in [0.2, 0.25) is 0 Å². The second-order valence-electron chi connectivity index (χ2n) is 5.72. The Bertz CT molecular complexity index is 749. The van der Waals surface area contributed by atoms with Crippen molar-refractivity contribution in [1.82, 2.24) is 5.43 Å². The molecule has 0 fully saturated rings. The first-order chi connectivity index (χ1) is 11.0. The Morgan fingerprint density at radius 1 is 1.13 bits per heavy atom. The summed E-state index contributed by atoms with van der Waals surface area (Å²) in [5.74, 6) is -2.73. The van der Waals surface area contributed by atoms with Crippen molar-refractivity contribution in [3.63, 3.8) is 0 Å². The van der Waals surface area contributed by atoms with Crippen LogP contribution < -0.4 is 5.43 Å². The van der Waals surface area contributed by atoms with Crippen LogP contribution in [0.3, 0.4) is 0 Å². The predicted octanol–water partition coefficient (Wildman–Crippen LogP) is 4.50. The Hall–Kier alpha value is -2.30. The van der Waals surface area contributed by atoms with Crippen molar-refractivity contribution in [2.45, 2.75) is 32.7 Å². The van der Waals surface area contributed by atoms with Gasteiger partial charge in [-0.3, -0.25) is 0 Å². The van der Waals surface area contributed by atoms with Gasteiger partial charge in [0, 0.05) is 17.7 Å². The fourth-order valence-electron chi connectivity index (χ4n) is 3.03. The summed E-state index contributed by atoms with van der Waals surface area (Å²) >= 11 is 0. The number of nitrogens with zero attached hydrogens (tertiary/aromatic N) is 1. The van der Waals surface area contributed by atoms with Gasteiger partial charge in [-0.05, 0) is 37.8 Å². The molecule has 1 N–H and O–H groups in total. The zero-order chi connectivity index (χ0) is 16.6. The predicted molar refractivity (Wildman–Crippen MR) is 85.4 cm³/mol. The molecule has 0 amide bonds. The van der Waals surface area contributed by atoms with Crippen LogP contribution >= 0.6 is 0 Å². The Kier molecular flexibility index (Phi) is 4.11. The molecule has 0 bridgehead atoms. The van der Waals surface area contributed by atoms with E-state index in [1.54, 1.807) is 13.8 Å². The van der Waals surface area contributed by atoms with Crippen LogP contribution in [-0.4, -0.2) is 11.8 Å². The molecule has 1 aromatic carbocycles. The maximum Gasteiger partial charge on any atom is 0.136 e. The lowest BCUT2D eigenvalue weighted by Gasteiger charge is -2.28. The number of hydrogen-bond acceptors (Lipinski definition) is 2. The summed E-state index contributed by atoms with van der Waals surface area (Å²) in [6, 6.07) is 1.03. The third kappa shape index (κ3) is 2.83. The summed E-state index contributed by atoms with van der Waals surface area (Å²) in [5, 5.41) is 4.24. The summed E-state index contributed by atoms with van der Waals surface area (Å²) < 4.78 is 41.9. The second-order valence-corrected chi connectivity index (χ2v) is 5.72. The minimum Gasteiger partial charge on any atom is -0.303 e. The highest BCUT2D eigenvalue weighted by Gasteiger charge is 2.28. The number of halogens is 3. The normalized spacial score (nSPS) is 21.0. The molecule has 0 radical (unpaired) electrons. The van der Waals surface area contributed by atoms with E-state index in [2.05, 4.69) is 10.5 Å². The van der Waals surface area contributed by atoms with Gasteiger partial charge in [0.2, 0.25) is 0 Å². The Labute approximate surface area is 133 Å². The van der Waals surface area contributed by atoms with Gasteiger partial charge in [-0.1, -0.05) is 18.2 Å². The van der Waals surface area contributed by atoms with Crippen molar-refractivity contribution in [1.29, 1.82) is 0 Å². The Morgan fingerprint density at radius 3 is 2.43 bits per heavy atom. The highest BCUT2D eigenvalue weighted by Crippen LogP contribution is 2.35. The third-order valence-electron chi connectivity index (χ3n) is 4.05. The lowest BCUT2D eigenvalue weighted by atomic mass is 9.85. The van der Waals surface area contributed by atoms with Crippen LogP contribution in [0.4, 0.5) is 13.2 Å². The minimum atomic E-state index is -0.926. The molecule has 5 heteroatoms. The Balaban J connectivity index is 2.28. The number of hydrazone groups is 1. The molecule has 1 aliphatic carbocycles. The number of hydrogen-bond donors (Lipinski definition) is 1. The first-order valence-electron chi connectivity index (χ1n) is 7.55. The van der Waals surface area contributed by atoms with Crippen LogP contribution in [0.25, 0.3) is 5.57 Å². The topological polar surface area (TPSA) is 24.4 Å². The maximum atomic E-state index is 14.3. The smallest absolute Gasteiger partial charge is 0.136 e. The lowest BCUT2D eigenvalue weighted by molar-refractivity contribution is 0.534. The van der Waals surface area contributed by atoms with Crippen molar-refractivity contribution in [2.75, 3.05) is 0 Å². The molecule has 23 heavy (non-hydrogen) atoms. The highest BCUT2D eigenvalue weighted by molar-refractivity contribution is 6.11. The summed E-state index contributed by atoms with van der Waals surface area (Å²) in [4.78, 5) is 0. The van der Waals surface area contributed by atoms with E-state index in [9.17, 15) is 13.2 Å². The van der Waals surface area contributed by atoms with E-state index in [1.165, 1.54) is 0 Å². The molecule has 0 saturated heterocycles. The van der Waals surface area contributed by atoms with Crippen molar-refractivity contribution < 1.29 is 13.2 Å². The van der Waals surface area contributed by atoms with Gasteiger partial charge < -0.3 is 5.43 Å². The largest absolute Gasteiger partial charge is 0.303 e. The van der Waals surface area contributed by atoms with Crippen LogP contribution in [0.1, 0.15) is 32.3 Å². The first kappa shape index (κ1) is 15.6. The quantitative estimate of drug-likeness (QED) is 0.853. The molecule has 120 valence electrons. The monoisotopic (exact) mass is 318 g/mol. The van der Waals surface area contributed by atoms with Crippen LogP contribution in [0.5, 0.6) is 0 Å².